The van der Waals surface area contributed by atoms with Gasteiger partial charge in [0.25, 0.3) is 0 Å². The van der Waals surface area contributed by atoms with E-state index in [9.17, 15) is 14.9 Å². The van der Waals surface area contributed by atoms with Gasteiger partial charge in [0, 0.05) is 20.1 Å². The number of nitrogens with one attached hydrogen (secondary N) is 2. The van der Waals surface area contributed by atoms with E-state index in [1.54, 1.807) is 16.8 Å². The Labute approximate surface area is 174 Å². The van der Waals surface area contributed by atoms with E-state index in [2.05, 4.69) is 37.5 Å². The van der Waals surface area contributed by atoms with Crippen molar-refractivity contribution in [3.63, 3.8) is 0 Å². The summed E-state index contributed by atoms with van der Waals surface area (Å²) in [5.74, 6) is -0.179. The molecule has 0 bridgehead atoms. The van der Waals surface area contributed by atoms with Crippen molar-refractivity contribution in [3.8, 4) is 6.07 Å². The van der Waals surface area contributed by atoms with Crippen molar-refractivity contribution in [2.75, 3.05) is 46.4 Å². The van der Waals surface area contributed by atoms with Crippen molar-refractivity contribution in [1.29, 1.82) is 5.26 Å². The average Bonchev–Trinajstić information content (AvgIpc) is 2.76. The lowest BCUT2D eigenvalue weighted by Crippen LogP contribution is -2.60. The lowest BCUT2D eigenvalue weighted by Gasteiger charge is -2.41. The molecule has 8 heteroatoms. The maximum absolute atomic E-state index is 13.4. The second kappa shape index (κ2) is 10.3. The summed E-state index contributed by atoms with van der Waals surface area (Å²) < 4.78 is 5.32. The average molecular weight is 408 g/mol. The molecule has 0 aromatic carbocycles. The van der Waals surface area contributed by atoms with Gasteiger partial charge in [0.05, 0.1) is 19.3 Å². The number of morpholine rings is 1. The highest BCUT2D eigenvalue weighted by molar-refractivity contribution is 5.87. The molecule has 0 unspecified atom stereocenters. The van der Waals surface area contributed by atoms with Crippen LogP contribution in [0.4, 0.5) is 4.79 Å². The van der Waals surface area contributed by atoms with Crippen LogP contribution in [0.25, 0.3) is 0 Å². The second-order valence-electron chi connectivity index (χ2n) is 8.95. The van der Waals surface area contributed by atoms with Crippen molar-refractivity contribution >= 4 is 11.9 Å². The molecule has 2 N–H and O–H groups in total. The zero-order chi connectivity index (χ0) is 21.5. The van der Waals surface area contributed by atoms with Crippen molar-refractivity contribution in [2.24, 2.45) is 5.41 Å². The Hall–Kier alpha value is -1.85. The minimum atomic E-state index is -0.815. The van der Waals surface area contributed by atoms with E-state index in [0.29, 0.717) is 58.7 Å². The molecule has 0 saturated carbocycles. The fourth-order valence-electron chi connectivity index (χ4n) is 3.78. The van der Waals surface area contributed by atoms with Gasteiger partial charge >= 0.3 is 6.03 Å². The number of carbonyl (C=O) groups is 2. The standard InChI is InChI=1S/C21H37N5O3/c1-5-20(2,3)7-6-17(24-19(28)26-12-14-29-15-13-26)18(27)25(4)21(16-22)8-10-23-11-9-21/h17,23H,5-15H2,1-4H3,(H,24,28)/t17-/m1/s1. The first kappa shape index (κ1) is 23.4. The summed E-state index contributed by atoms with van der Waals surface area (Å²) in [6.45, 7) is 9.97. The van der Waals surface area contributed by atoms with Crippen LogP contribution in [0.5, 0.6) is 0 Å². The SMILES string of the molecule is CCC(C)(C)CC[C@@H](NC(=O)N1CCOCC1)C(=O)N(C)C1(C#N)CCNCC1. The minimum absolute atomic E-state index is 0.0858. The molecule has 0 spiro atoms. The van der Waals surface area contributed by atoms with Crippen LogP contribution in [0, 0.1) is 16.7 Å². The molecule has 8 nitrogen and oxygen atoms in total. The van der Waals surface area contributed by atoms with Gasteiger partial charge in [-0.15, -0.1) is 0 Å². The van der Waals surface area contributed by atoms with Crippen LogP contribution >= 0.6 is 0 Å². The van der Waals surface area contributed by atoms with Crippen LogP contribution in [0.1, 0.15) is 52.9 Å². The van der Waals surface area contributed by atoms with Crippen molar-refractivity contribution in [2.45, 2.75) is 64.5 Å². The van der Waals surface area contributed by atoms with Crippen molar-refractivity contribution in [1.82, 2.24) is 20.4 Å². The van der Waals surface area contributed by atoms with E-state index >= 15 is 0 Å². The van der Waals surface area contributed by atoms with Gasteiger partial charge in [-0.1, -0.05) is 27.2 Å². The first-order valence-electron chi connectivity index (χ1n) is 10.8. The van der Waals surface area contributed by atoms with E-state index in [1.165, 1.54) is 0 Å². The Morgan fingerprint density at radius 2 is 1.93 bits per heavy atom. The number of hydrogen-bond donors (Lipinski definition) is 2. The Balaban J connectivity index is 2.14. The number of rotatable bonds is 7. The zero-order valence-electron chi connectivity index (χ0n) is 18.4. The van der Waals surface area contributed by atoms with Crippen molar-refractivity contribution in [3.05, 3.63) is 0 Å². The van der Waals surface area contributed by atoms with E-state index in [0.717, 1.165) is 12.8 Å². The fraction of sp³-hybridized carbons (Fsp3) is 0.857. The molecule has 0 aromatic rings. The molecular weight excluding hydrogens is 370 g/mol. The minimum Gasteiger partial charge on any atom is -0.378 e. The van der Waals surface area contributed by atoms with Crippen molar-refractivity contribution < 1.29 is 14.3 Å². The van der Waals surface area contributed by atoms with Gasteiger partial charge in [-0.05, 0) is 44.2 Å². The third-order valence-electron chi connectivity index (χ3n) is 6.57. The number of nitriles is 1. The molecule has 164 valence electrons. The highest BCUT2D eigenvalue weighted by atomic mass is 16.5. The number of ether oxygens (including phenoxy) is 1. The molecule has 2 fully saturated rings. The van der Waals surface area contributed by atoms with Gasteiger partial charge in [0.1, 0.15) is 11.6 Å². The van der Waals surface area contributed by atoms with Gasteiger partial charge < -0.3 is 25.2 Å². The van der Waals surface area contributed by atoms with Crippen LogP contribution in [0.2, 0.25) is 0 Å². The fourth-order valence-corrected chi connectivity index (χ4v) is 3.78. The topological polar surface area (TPSA) is 97.7 Å². The number of amides is 3. The highest BCUT2D eigenvalue weighted by Crippen LogP contribution is 2.29. The normalized spacial score (nSPS) is 20.4. The molecular formula is C21H37N5O3. The Morgan fingerprint density at radius 3 is 2.48 bits per heavy atom. The quantitative estimate of drug-likeness (QED) is 0.670. The third-order valence-corrected chi connectivity index (χ3v) is 6.57. The van der Waals surface area contributed by atoms with Crippen LogP contribution in [0.3, 0.4) is 0 Å². The first-order valence-corrected chi connectivity index (χ1v) is 10.8. The van der Waals surface area contributed by atoms with E-state index in [-0.39, 0.29) is 17.4 Å². The number of hydrogen-bond acceptors (Lipinski definition) is 5. The largest absolute Gasteiger partial charge is 0.378 e. The van der Waals surface area contributed by atoms with Gasteiger partial charge in [-0.25, -0.2) is 4.79 Å². The molecule has 2 aliphatic rings. The summed E-state index contributed by atoms with van der Waals surface area (Å²) in [5, 5.41) is 16.1. The Kier molecular flexibility index (Phi) is 8.29. The summed E-state index contributed by atoms with van der Waals surface area (Å²) in [7, 11) is 1.70. The maximum atomic E-state index is 13.4. The molecule has 0 aromatic heterocycles. The smallest absolute Gasteiger partial charge is 0.318 e. The van der Waals surface area contributed by atoms with E-state index in [1.807, 2.05) is 0 Å². The molecule has 0 aliphatic carbocycles. The zero-order valence-corrected chi connectivity index (χ0v) is 18.4. The number of likely N-dealkylation sites (N-methyl/N-ethyl adjacent to an activating group) is 1. The predicted octanol–water partition coefficient (Wildman–Crippen LogP) is 1.72. The van der Waals surface area contributed by atoms with E-state index < -0.39 is 11.6 Å². The molecule has 2 saturated heterocycles. The van der Waals surface area contributed by atoms with Gasteiger partial charge in [-0.3, -0.25) is 4.79 Å². The summed E-state index contributed by atoms with van der Waals surface area (Å²) in [6.07, 6.45) is 3.56. The second-order valence-corrected chi connectivity index (χ2v) is 8.95. The summed E-state index contributed by atoms with van der Waals surface area (Å²) in [4.78, 5) is 29.5. The van der Waals surface area contributed by atoms with E-state index in [4.69, 9.17) is 4.74 Å². The summed E-state index contributed by atoms with van der Waals surface area (Å²) in [5.41, 5.74) is -0.729. The van der Waals surface area contributed by atoms with Crippen LogP contribution < -0.4 is 10.6 Å². The molecule has 2 rings (SSSR count). The highest BCUT2D eigenvalue weighted by Gasteiger charge is 2.41. The lowest BCUT2D eigenvalue weighted by atomic mass is 9.83. The molecule has 2 heterocycles. The summed E-state index contributed by atoms with van der Waals surface area (Å²) >= 11 is 0. The van der Waals surface area contributed by atoms with Gasteiger partial charge in [0.15, 0.2) is 0 Å². The van der Waals surface area contributed by atoms with Crippen LogP contribution in [-0.2, 0) is 9.53 Å². The number of nitrogens with zero attached hydrogens (tertiary/aromatic N) is 3. The number of carbonyl (C=O) groups excluding carboxylic acids is 2. The third kappa shape index (κ3) is 6.06. The molecule has 2 aliphatic heterocycles. The Morgan fingerprint density at radius 1 is 1.31 bits per heavy atom. The monoisotopic (exact) mass is 407 g/mol. The molecule has 1 atom stereocenters. The number of urea groups is 1. The molecule has 29 heavy (non-hydrogen) atoms. The van der Waals surface area contributed by atoms with Gasteiger partial charge in [0.2, 0.25) is 5.91 Å². The first-order chi connectivity index (χ1) is 13.7. The van der Waals surface area contributed by atoms with Crippen LogP contribution in [-0.4, -0.2) is 79.8 Å². The Bertz CT molecular complexity index is 604. The maximum Gasteiger partial charge on any atom is 0.318 e. The predicted molar refractivity (Wildman–Crippen MR) is 111 cm³/mol. The number of piperidine rings is 1. The molecule has 3 amide bonds. The van der Waals surface area contributed by atoms with Crippen LogP contribution in [0.15, 0.2) is 0 Å². The van der Waals surface area contributed by atoms with Gasteiger partial charge in [-0.2, -0.15) is 5.26 Å². The lowest BCUT2D eigenvalue weighted by molar-refractivity contribution is -0.137. The molecule has 0 radical (unpaired) electrons. The summed E-state index contributed by atoms with van der Waals surface area (Å²) in [6, 6.07) is 1.51.